The van der Waals surface area contributed by atoms with Gasteiger partial charge in [0.25, 0.3) is 0 Å². The molecular weight excluding hydrogens is 243 g/mol. The summed E-state index contributed by atoms with van der Waals surface area (Å²) in [6.45, 7) is 3.96. The van der Waals surface area contributed by atoms with E-state index in [9.17, 15) is 9.18 Å². The third-order valence-corrected chi connectivity index (χ3v) is 3.85. The first-order valence-corrected chi connectivity index (χ1v) is 6.77. The van der Waals surface area contributed by atoms with Gasteiger partial charge in [-0.3, -0.25) is 4.79 Å². The molecule has 1 saturated carbocycles. The maximum Gasteiger partial charge on any atom is 0.244 e. The highest BCUT2D eigenvalue weighted by Gasteiger charge is 2.38. The van der Waals surface area contributed by atoms with Gasteiger partial charge in [0.1, 0.15) is 5.82 Å². The zero-order valence-corrected chi connectivity index (χ0v) is 11.5. The van der Waals surface area contributed by atoms with Gasteiger partial charge in [0.2, 0.25) is 5.91 Å². The quantitative estimate of drug-likeness (QED) is 0.862. The lowest BCUT2D eigenvalue weighted by Gasteiger charge is -2.35. The standard InChI is InChI=1S/C15H21FN2O/c1-10-5-6-12(16)13(8-10)18-14(19)15(17)7-3-4-11(2)9-15/h5-6,8,11H,3-4,7,9,17H2,1-2H3,(H,18,19). The molecule has 2 atom stereocenters. The van der Waals surface area contributed by atoms with Crippen LogP contribution in [0.5, 0.6) is 0 Å². The van der Waals surface area contributed by atoms with Crippen molar-refractivity contribution in [2.45, 2.75) is 45.1 Å². The van der Waals surface area contributed by atoms with E-state index in [0.717, 1.165) is 18.4 Å². The molecule has 3 nitrogen and oxygen atoms in total. The zero-order valence-electron chi connectivity index (χ0n) is 11.5. The number of carbonyl (C=O) groups is 1. The smallest absolute Gasteiger partial charge is 0.244 e. The maximum atomic E-state index is 13.6. The van der Waals surface area contributed by atoms with E-state index in [4.69, 9.17) is 5.73 Å². The first kappa shape index (κ1) is 14.0. The molecule has 1 aromatic carbocycles. The Morgan fingerprint density at radius 3 is 2.95 bits per heavy atom. The molecule has 1 amide bonds. The number of hydrogen-bond donors (Lipinski definition) is 2. The predicted octanol–water partition coefficient (Wildman–Crippen LogP) is 2.98. The van der Waals surface area contributed by atoms with Crippen molar-refractivity contribution in [2.75, 3.05) is 5.32 Å². The number of nitrogens with two attached hydrogens (primary N) is 1. The number of benzene rings is 1. The van der Waals surface area contributed by atoms with E-state index in [1.165, 1.54) is 6.07 Å². The summed E-state index contributed by atoms with van der Waals surface area (Å²) in [5.74, 6) is -0.262. The van der Waals surface area contributed by atoms with E-state index in [-0.39, 0.29) is 11.6 Å². The highest BCUT2D eigenvalue weighted by atomic mass is 19.1. The number of hydrogen-bond acceptors (Lipinski definition) is 2. The Labute approximate surface area is 113 Å². The van der Waals surface area contributed by atoms with Crippen molar-refractivity contribution in [1.82, 2.24) is 0 Å². The lowest BCUT2D eigenvalue weighted by atomic mass is 9.76. The van der Waals surface area contributed by atoms with Crippen LogP contribution in [0.15, 0.2) is 18.2 Å². The minimum atomic E-state index is -0.867. The second-order valence-corrected chi connectivity index (χ2v) is 5.80. The summed E-state index contributed by atoms with van der Waals surface area (Å²) >= 11 is 0. The topological polar surface area (TPSA) is 55.1 Å². The number of halogens is 1. The molecule has 19 heavy (non-hydrogen) atoms. The van der Waals surface area contributed by atoms with Crippen molar-refractivity contribution < 1.29 is 9.18 Å². The van der Waals surface area contributed by atoms with E-state index < -0.39 is 11.4 Å². The molecule has 104 valence electrons. The maximum absolute atomic E-state index is 13.6. The molecule has 1 aliphatic rings. The van der Waals surface area contributed by atoms with Crippen LogP contribution < -0.4 is 11.1 Å². The van der Waals surface area contributed by atoms with Gasteiger partial charge in [-0.25, -0.2) is 4.39 Å². The lowest BCUT2D eigenvalue weighted by Crippen LogP contribution is -2.53. The molecule has 1 aromatic rings. The first-order chi connectivity index (χ1) is 8.90. The SMILES string of the molecule is Cc1ccc(F)c(NC(=O)C2(N)CCCC(C)C2)c1. The third-order valence-electron chi connectivity index (χ3n) is 3.85. The van der Waals surface area contributed by atoms with E-state index in [0.29, 0.717) is 18.8 Å². The highest BCUT2D eigenvalue weighted by molar-refractivity contribution is 5.98. The Bertz CT molecular complexity index is 489. The summed E-state index contributed by atoms with van der Waals surface area (Å²) in [5, 5.41) is 2.64. The molecule has 2 rings (SSSR count). The van der Waals surface area contributed by atoms with Crippen LogP contribution in [0.4, 0.5) is 10.1 Å². The van der Waals surface area contributed by atoms with Crippen LogP contribution in [-0.2, 0) is 4.79 Å². The third kappa shape index (κ3) is 3.13. The fourth-order valence-corrected chi connectivity index (χ4v) is 2.78. The first-order valence-electron chi connectivity index (χ1n) is 6.77. The Balaban J connectivity index is 2.14. The molecule has 1 fully saturated rings. The number of carbonyl (C=O) groups excluding carboxylic acids is 1. The molecule has 0 aliphatic heterocycles. The van der Waals surface area contributed by atoms with Gasteiger partial charge in [-0.05, 0) is 43.4 Å². The summed E-state index contributed by atoms with van der Waals surface area (Å²) in [6, 6.07) is 4.66. The fraction of sp³-hybridized carbons (Fsp3) is 0.533. The molecular formula is C15H21FN2O. The number of anilines is 1. The summed E-state index contributed by atoms with van der Waals surface area (Å²) in [6.07, 6.45) is 3.37. The number of aryl methyl sites for hydroxylation is 1. The normalized spacial score (nSPS) is 27.1. The van der Waals surface area contributed by atoms with Crippen LogP contribution in [0.25, 0.3) is 0 Å². The van der Waals surface area contributed by atoms with E-state index in [1.54, 1.807) is 12.1 Å². The van der Waals surface area contributed by atoms with Gasteiger partial charge >= 0.3 is 0 Å². The Kier molecular flexibility index (Phi) is 3.90. The van der Waals surface area contributed by atoms with Crippen LogP contribution in [0, 0.1) is 18.7 Å². The van der Waals surface area contributed by atoms with E-state index >= 15 is 0 Å². The number of rotatable bonds is 2. The molecule has 0 saturated heterocycles. The van der Waals surface area contributed by atoms with Crippen molar-refractivity contribution in [3.8, 4) is 0 Å². The van der Waals surface area contributed by atoms with Crippen molar-refractivity contribution in [3.05, 3.63) is 29.6 Å². The molecule has 0 spiro atoms. The van der Waals surface area contributed by atoms with Crippen molar-refractivity contribution in [2.24, 2.45) is 11.7 Å². The monoisotopic (exact) mass is 264 g/mol. The highest BCUT2D eigenvalue weighted by Crippen LogP contribution is 2.31. The average molecular weight is 264 g/mol. The molecule has 0 heterocycles. The van der Waals surface area contributed by atoms with Crippen molar-refractivity contribution >= 4 is 11.6 Å². The van der Waals surface area contributed by atoms with Gasteiger partial charge < -0.3 is 11.1 Å². The fourth-order valence-electron chi connectivity index (χ4n) is 2.78. The minimum absolute atomic E-state index is 0.216. The van der Waals surface area contributed by atoms with E-state index in [2.05, 4.69) is 12.2 Å². The summed E-state index contributed by atoms with van der Waals surface area (Å²) in [7, 11) is 0. The predicted molar refractivity (Wildman–Crippen MR) is 74.3 cm³/mol. The van der Waals surface area contributed by atoms with E-state index in [1.807, 2.05) is 6.92 Å². The molecule has 0 aromatic heterocycles. The zero-order chi connectivity index (χ0) is 14.0. The van der Waals surface area contributed by atoms with Crippen LogP contribution in [0.3, 0.4) is 0 Å². The Hall–Kier alpha value is -1.42. The van der Waals surface area contributed by atoms with Gasteiger partial charge in [-0.1, -0.05) is 25.8 Å². The summed E-state index contributed by atoms with van der Waals surface area (Å²) in [5.41, 5.74) is 6.45. The van der Waals surface area contributed by atoms with Crippen LogP contribution in [0.2, 0.25) is 0 Å². The lowest BCUT2D eigenvalue weighted by molar-refractivity contribution is -0.122. The van der Waals surface area contributed by atoms with Gasteiger partial charge in [0.15, 0.2) is 0 Å². The van der Waals surface area contributed by atoms with Crippen LogP contribution in [-0.4, -0.2) is 11.4 Å². The van der Waals surface area contributed by atoms with Gasteiger partial charge in [-0.2, -0.15) is 0 Å². The minimum Gasteiger partial charge on any atom is -0.322 e. The molecule has 4 heteroatoms. The second kappa shape index (κ2) is 5.29. The molecule has 3 N–H and O–H groups in total. The van der Waals surface area contributed by atoms with Gasteiger partial charge in [-0.15, -0.1) is 0 Å². The second-order valence-electron chi connectivity index (χ2n) is 5.80. The average Bonchev–Trinajstić information content (AvgIpc) is 2.33. The number of nitrogens with one attached hydrogen (secondary N) is 1. The molecule has 0 radical (unpaired) electrons. The van der Waals surface area contributed by atoms with Crippen LogP contribution in [0.1, 0.15) is 38.2 Å². The molecule has 0 bridgehead atoms. The van der Waals surface area contributed by atoms with Gasteiger partial charge in [0.05, 0.1) is 11.2 Å². The van der Waals surface area contributed by atoms with Crippen molar-refractivity contribution in [1.29, 1.82) is 0 Å². The van der Waals surface area contributed by atoms with Crippen LogP contribution >= 0.6 is 0 Å². The molecule has 2 unspecified atom stereocenters. The largest absolute Gasteiger partial charge is 0.322 e. The molecule has 1 aliphatic carbocycles. The van der Waals surface area contributed by atoms with Crippen molar-refractivity contribution in [3.63, 3.8) is 0 Å². The number of amides is 1. The summed E-state index contributed by atoms with van der Waals surface area (Å²) < 4.78 is 13.6. The Morgan fingerprint density at radius 1 is 1.53 bits per heavy atom. The summed E-state index contributed by atoms with van der Waals surface area (Å²) in [4.78, 5) is 12.3. The Morgan fingerprint density at radius 2 is 2.26 bits per heavy atom. The van der Waals surface area contributed by atoms with Gasteiger partial charge in [0, 0.05) is 0 Å².